The number of amides is 1. The smallest absolute Gasteiger partial charge is 0.220 e. The Morgan fingerprint density at radius 1 is 1.29 bits per heavy atom. The van der Waals surface area contributed by atoms with Crippen molar-refractivity contribution in [2.24, 2.45) is 16.6 Å². The Kier molecular flexibility index (Phi) is 7.25. The first-order chi connectivity index (χ1) is 15.1. The molecule has 1 aromatic heterocycles. The number of pyridine rings is 1. The quantitative estimate of drug-likeness (QED) is 0.548. The van der Waals surface area contributed by atoms with E-state index in [0.29, 0.717) is 11.3 Å². The van der Waals surface area contributed by atoms with Crippen molar-refractivity contribution >= 4 is 29.4 Å². The molecule has 3 N–H and O–H groups in total. The number of piperidine rings is 1. The minimum absolute atomic E-state index is 0.00977. The SMILES string of the molecule is CN=C(NCc1cccnc1N1CCC(C(N)=O)CC1)N1CCSC2(CCCCC2)C1. The Morgan fingerprint density at radius 2 is 2.06 bits per heavy atom. The summed E-state index contributed by atoms with van der Waals surface area (Å²) in [5.41, 5.74) is 6.66. The summed E-state index contributed by atoms with van der Waals surface area (Å²) in [5.74, 6) is 2.98. The second kappa shape index (κ2) is 10.1. The van der Waals surface area contributed by atoms with Crippen LogP contribution in [0.1, 0.15) is 50.5 Å². The molecule has 170 valence electrons. The molecule has 0 aromatic carbocycles. The zero-order valence-corrected chi connectivity index (χ0v) is 19.5. The number of carbonyl (C=O) groups is 1. The first-order valence-corrected chi connectivity index (χ1v) is 12.7. The van der Waals surface area contributed by atoms with Crippen LogP contribution in [0, 0.1) is 5.92 Å². The normalized spacial score (nSPS) is 22.5. The molecule has 0 bridgehead atoms. The molecule has 0 atom stereocenters. The molecule has 8 heteroatoms. The highest BCUT2D eigenvalue weighted by Crippen LogP contribution is 2.42. The third kappa shape index (κ3) is 5.27. The van der Waals surface area contributed by atoms with Crippen molar-refractivity contribution in [3.63, 3.8) is 0 Å². The summed E-state index contributed by atoms with van der Waals surface area (Å²) in [6.07, 6.45) is 10.2. The second-order valence-corrected chi connectivity index (χ2v) is 10.6. The fourth-order valence-corrected chi connectivity index (χ4v) is 6.83. The molecule has 3 fully saturated rings. The van der Waals surface area contributed by atoms with Crippen LogP contribution < -0.4 is 16.0 Å². The van der Waals surface area contributed by atoms with Gasteiger partial charge in [0.1, 0.15) is 5.82 Å². The molecule has 4 rings (SSSR count). The maximum atomic E-state index is 11.5. The number of hydrogen-bond acceptors (Lipinski definition) is 5. The second-order valence-electron chi connectivity index (χ2n) is 9.06. The first-order valence-electron chi connectivity index (χ1n) is 11.7. The van der Waals surface area contributed by atoms with Crippen molar-refractivity contribution in [1.29, 1.82) is 0 Å². The van der Waals surface area contributed by atoms with E-state index in [9.17, 15) is 4.79 Å². The van der Waals surface area contributed by atoms with Crippen molar-refractivity contribution in [3.8, 4) is 0 Å². The summed E-state index contributed by atoms with van der Waals surface area (Å²) in [4.78, 5) is 25.5. The Morgan fingerprint density at radius 3 is 2.77 bits per heavy atom. The van der Waals surface area contributed by atoms with Gasteiger partial charge in [-0.2, -0.15) is 11.8 Å². The minimum atomic E-state index is -0.179. The molecule has 1 saturated carbocycles. The number of thioether (sulfide) groups is 1. The summed E-state index contributed by atoms with van der Waals surface area (Å²) < 4.78 is 0.415. The number of guanidine groups is 1. The van der Waals surface area contributed by atoms with E-state index < -0.39 is 0 Å². The molecule has 1 spiro atoms. The number of aromatic nitrogens is 1. The molecule has 1 aromatic rings. The maximum Gasteiger partial charge on any atom is 0.220 e. The van der Waals surface area contributed by atoms with Gasteiger partial charge in [-0.05, 0) is 31.7 Å². The molecule has 7 nitrogen and oxygen atoms in total. The summed E-state index contributed by atoms with van der Waals surface area (Å²) in [7, 11) is 1.89. The average Bonchev–Trinajstić information content (AvgIpc) is 2.80. The maximum absolute atomic E-state index is 11.5. The molecule has 3 heterocycles. The average molecular weight is 445 g/mol. The number of anilines is 1. The summed E-state index contributed by atoms with van der Waals surface area (Å²) in [6.45, 7) is 4.48. The van der Waals surface area contributed by atoms with Crippen LogP contribution in [0.5, 0.6) is 0 Å². The highest BCUT2D eigenvalue weighted by molar-refractivity contribution is 8.00. The standard InChI is InChI=1S/C23H36N6OS/c1-25-22(29-14-15-31-23(17-29)9-3-2-4-10-23)27-16-19-6-5-11-26-21(19)28-12-7-18(8-13-28)20(24)30/h5-6,11,18H,2-4,7-10,12-17H2,1H3,(H2,24,30)(H,25,27). The van der Waals surface area contributed by atoms with Gasteiger partial charge < -0.3 is 20.9 Å². The zero-order valence-electron chi connectivity index (χ0n) is 18.7. The van der Waals surface area contributed by atoms with Gasteiger partial charge in [-0.25, -0.2) is 4.98 Å². The Hall–Kier alpha value is -1.96. The number of primary amides is 1. The molecule has 0 unspecified atom stereocenters. The lowest BCUT2D eigenvalue weighted by atomic mass is 9.87. The number of aliphatic imine (C=N–C) groups is 1. The summed E-state index contributed by atoms with van der Waals surface area (Å²) >= 11 is 2.18. The molecule has 1 aliphatic carbocycles. The van der Waals surface area contributed by atoms with E-state index in [1.807, 2.05) is 19.3 Å². The van der Waals surface area contributed by atoms with E-state index in [1.54, 1.807) is 0 Å². The predicted molar refractivity (Wildman–Crippen MR) is 128 cm³/mol. The molecular formula is C23H36N6OS. The van der Waals surface area contributed by atoms with Crippen LogP contribution in [-0.4, -0.2) is 65.5 Å². The zero-order chi connectivity index (χ0) is 21.7. The molecule has 1 amide bonds. The molecule has 31 heavy (non-hydrogen) atoms. The van der Waals surface area contributed by atoms with Gasteiger partial charge in [0.2, 0.25) is 5.91 Å². The Balaban J connectivity index is 1.39. The lowest BCUT2D eigenvalue weighted by Crippen LogP contribution is -2.53. The molecule has 2 saturated heterocycles. The Bertz CT molecular complexity index is 781. The highest BCUT2D eigenvalue weighted by Gasteiger charge is 2.38. The van der Waals surface area contributed by atoms with Gasteiger partial charge in [-0.3, -0.25) is 9.79 Å². The number of rotatable bonds is 4. The van der Waals surface area contributed by atoms with Gasteiger partial charge in [-0.1, -0.05) is 25.3 Å². The topological polar surface area (TPSA) is 86.9 Å². The highest BCUT2D eigenvalue weighted by atomic mass is 32.2. The third-order valence-electron chi connectivity index (χ3n) is 7.03. The number of nitrogens with two attached hydrogens (primary N) is 1. The van der Waals surface area contributed by atoms with Crippen LogP contribution in [0.2, 0.25) is 0 Å². The van der Waals surface area contributed by atoms with Crippen LogP contribution in [0.25, 0.3) is 0 Å². The van der Waals surface area contributed by atoms with Gasteiger partial charge in [0.15, 0.2) is 5.96 Å². The first kappa shape index (κ1) is 22.2. The van der Waals surface area contributed by atoms with Crippen molar-refractivity contribution in [2.75, 3.05) is 43.9 Å². The molecule has 3 aliphatic rings. The van der Waals surface area contributed by atoms with E-state index in [0.717, 1.165) is 50.8 Å². The van der Waals surface area contributed by atoms with Crippen molar-refractivity contribution in [3.05, 3.63) is 23.9 Å². The van der Waals surface area contributed by atoms with E-state index in [-0.39, 0.29) is 11.8 Å². The van der Waals surface area contributed by atoms with Gasteiger partial charge in [0.05, 0.1) is 0 Å². The third-order valence-corrected chi connectivity index (χ3v) is 8.56. The van der Waals surface area contributed by atoms with Gasteiger partial charge in [0.25, 0.3) is 0 Å². The van der Waals surface area contributed by atoms with Crippen LogP contribution in [0.4, 0.5) is 5.82 Å². The minimum Gasteiger partial charge on any atom is -0.369 e. The number of nitrogens with zero attached hydrogens (tertiary/aromatic N) is 4. The lowest BCUT2D eigenvalue weighted by molar-refractivity contribution is -0.122. The van der Waals surface area contributed by atoms with E-state index >= 15 is 0 Å². The van der Waals surface area contributed by atoms with Crippen LogP contribution in [0.15, 0.2) is 23.3 Å². The number of nitrogens with one attached hydrogen (secondary N) is 1. The van der Waals surface area contributed by atoms with Crippen LogP contribution >= 0.6 is 11.8 Å². The van der Waals surface area contributed by atoms with Crippen molar-refractivity contribution in [1.82, 2.24) is 15.2 Å². The van der Waals surface area contributed by atoms with Gasteiger partial charge in [0, 0.05) is 67.9 Å². The van der Waals surface area contributed by atoms with E-state index in [1.165, 1.54) is 43.4 Å². The van der Waals surface area contributed by atoms with Crippen LogP contribution in [0.3, 0.4) is 0 Å². The number of carbonyl (C=O) groups excluding carboxylic acids is 1. The van der Waals surface area contributed by atoms with E-state index in [4.69, 9.17) is 5.73 Å². The fraction of sp³-hybridized carbons (Fsp3) is 0.696. The summed E-state index contributed by atoms with van der Waals surface area (Å²) in [5, 5.41) is 3.61. The molecular weight excluding hydrogens is 408 g/mol. The van der Waals surface area contributed by atoms with E-state index in [2.05, 4.69) is 42.9 Å². The monoisotopic (exact) mass is 444 g/mol. The van der Waals surface area contributed by atoms with Gasteiger partial charge in [-0.15, -0.1) is 0 Å². The predicted octanol–water partition coefficient (Wildman–Crippen LogP) is 2.61. The summed E-state index contributed by atoms with van der Waals surface area (Å²) in [6, 6.07) is 4.13. The van der Waals surface area contributed by atoms with Crippen molar-refractivity contribution in [2.45, 2.75) is 56.2 Å². The largest absolute Gasteiger partial charge is 0.369 e. The van der Waals surface area contributed by atoms with Gasteiger partial charge >= 0.3 is 0 Å². The van der Waals surface area contributed by atoms with Crippen LogP contribution in [-0.2, 0) is 11.3 Å². The Labute approximate surface area is 190 Å². The van der Waals surface area contributed by atoms with Crippen molar-refractivity contribution < 1.29 is 4.79 Å². The molecule has 0 radical (unpaired) electrons. The molecule has 2 aliphatic heterocycles. The lowest BCUT2D eigenvalue weighted by Gasteiger charge is -2.45. The fourth-order valence-electron chi connectivity index (χ4n) is 5.26. The number of hydrogen-bond donors (Lipinski definition) is 2.